The van der Waals surface area contributed by atoms with Gasteiger partial charge < -0.3 is 4.52 Å². The minimum Gasteiger partial charge on any atom is -0.360 e. The molecule has 0 radical (unpaired) electrons. The molecule has 0 unspecified atom stereocenters. The first-order valence-electron chi connectivity index (χ1n) is 5.82. The number of aromatic nitrogens is 5. The average Bonchev–Trinajstić information content (AvgIpc) is 3.06. The standard InChI is InChI=1S/C12H10ClN5OS/c1-8-6-11(19-15-8)7-20-12-14-16-17-18(12)10-4-2-9(13)3-5-10/h2-6H,7H2,1H3. The fourth-order valence-corrected chi connectivity index (χ4v) is 2.53. The highest BCUT2D eigenvalue weighted by Crippen LogP contribution is 2.23. The Morgan fingerprint density at radius 3 is 2.80 bits per heavy atom. The Labute approximate surface area is 124 Å². The van der Waals surface area contributed by atoms with Gasteiger partial charge in [0.25, 0.3) is 0 Å². The van der Waals surface area contributed by atoms with E-state index in [0.29, 0.717) is 15.9 Å². The van der Waals surface area contributed by atoms with Crippen LogP contribution in [0.15, 0.2) is 40.0 Å². The van der Waals surface area contributed by atoms with Gasteiger partial charge in [0, 0.05) is 11.1 Å². The molecule has 3 rings (SSSR count). The van der Waals surface area contributed by atoms with Gasteiger partial charge in [-0.05, 0) is 41.6 Å². The van der Waals surface area contributed by atoms with Crippen LogP contribution in [-0.4, -0.2) is 25.4 Å². The fourth-order valence-electron chi connectivity index (χ4n) is 1.63. The van der Waals surface area contributed by atoms with E-state index in [1.54, 1.807) is 16.8 Å². The maximum atomic E-state index is 5.87. The Morgan fingerprint density at radius 2 is 2.10 bits per heavy atom. The van der Waals surface area contributed by atoms with Crippen molar-refractivity contribution in [2.45, 2.75) is 17.8 Å². The molecule has 0 saturated heterocycles. The lowest BCUT2D eigenvalue weighted by atomic mass is 10.3. The van der Waals surface area contributed by atoms with Crippen LogP contribution in [0.3, 0.4) is 0 Å². The molecular weight excluding hydrogens is 298 g/mol. The number of rotatable bonds is 4. The predicted molar refractivity (Wildman–Crippen MR) is 75.0 cm³/mol. The van der Waals surface area contributed by atoms with Crippen molar-refractivity contribution < 1.29 is 4.52 Å². The zero-order valence-electron chi connectivity index (χ0n) is 10.5. The second-order valence-corrected chi connectivity index (χ2v) is 5.45. The van der Waals surface area contributed by atoms with Gasteiger partial charge in [0.2, 0.25) is 5.16 Å². The number of benzene rings is 1. The van der Waals surface area contributed by atoms with E-state index in [1.807, 2.05) is 25.1 Å². The Balaban J connectivity index is 1.78. The van der Waals surface area contributed by atoms with Crippen molar-refractivity contribution in [2.24, 2.45) is 0 Å². The Morgan fingerprint density at radius 1 is 1.30 bits per heavy atom. The molecule has 0 bridgehead atoms. The fraction of sp³-hybridized carbons (Fsp3) is 0.167. The van der Waals surface area contributed by atoms with Crippen molar-refractivity contribution in [3.8, 4) is 5.69 Å². The van der Waals surface area contributed by atoms with E-state index in [-0.39, 0.29) is 0 Å². The number of thioether (sulfide) groups is 1. The Kier molecular flexibility index (Phi) is 3.70. The van der Waals surface area contributed by atoms with E-state index in [9.17, 15) is 0 Å². The van der Waals surface area contributed by atoms with E-state index >= 15 is 0 Å². The number of halogens is 1. The topological polar surface area (TPSA) is 69.6 Å². The maximum absolute atomic E-state index is 5.87. The number of aryl methyl sites for hydroxylation is 1. The molecule has 8 heteroatoms. The number of hydrogen-bond donors (Lipinski definition) is 0. The van der Waals surface area contributed by atoms with E-state index in [1.165, 1.54) is 11.8 Å². The summed E-state index contributed by atoms with van der Waals surface area (Å²) in [5, 5.41) is 16.9. The number of nitrogens with zero attached hydrogens (tertiary/aromatic N) is 5. The molecule has 2 heterocycles. The van der Waals surface area contributed by atoms with Gasteiger partial charge in [0.05, 0.1) is 17.1 Å². The van der Waals surface area contributed by atoms with Gasteiger partial charge in [-0.1, -0.05) is 28.5 Å². The molecular formula is C12H10ClN5OS. The van der Waals surface area contributed by atoms with Gasteiger partial charge in [-0.25, -0.2) is 0 Å². The van der Waals surface area contributed by atoms with Gasteiger partial charge >= 0.3 is 0 Å². The quantitative estimate of drug-likeness (QED) is 0.690. The Bertz CT molecular complexity index is 709. The molecule has 2 aromatic heterocycles. The highest BCUT2D eigenvalue weighted by atomic mass is 35.5. The van der Waals surface area contributed by atoms with Crippen molar-refractivity contribution in [1.82, 2.24) is 25.4 Å². The van der Waals surface area contributed by atoms with Crippen LogP contribution in [0, 0.1) is 6.92 Å². The number of tetrazole rings is 1. The van der Waals surface area contributed by atoms with E-state index < -0.39 is 0 Å². The van der Waals surface area contributed by atoms with Crippen LogP contribution in [0.5, 0.6) is 0 Å². The summed E-state index contributed by atoms with van der Waals surface area (Å²) in [5.74, 6) is 1.41. The van der Waals surface area contributed by atoms with Gasteiger partial charge in [0.1, 0.15) is 5.76 Å². The zero-order valence-corrected chi connectivity index (χ0v) is 12.1. The summed E-state index contributed by atoms with van der Waals surface area (Å²) >= 11 is 7.35. The minimum absolute atomic E-state index is 0.620. The van der Waals surface area contributed by atoms with E-state index in [2.05, 4.69) is 20.7 Å². The molecule has 6 nitrogen and oxygen atoms in total. The van der Waals surface area contributed by atoms with Crippen molar-refractivity contribution in [1.29, 1.82) is 0 Å². The first kappa shape index (κ1) is 13.1. The van der Waals surface area contributed by atoms with Crippen LogP contribution >= 0.6 is 23.4 Å². The molecule has 0 N–H and O–H groups in total. The van der Waals surface area contributed by atoms with Crippen LogP contribution in [0.1, 0.15) is 11.5 Å². The Hall–Kier alpha value is -1.86. The number of hydrogen-bond acceptors (Lipinski definition) is 6. The third kappa shape index (κ3) is 2.83. The summed E-state index contributed by atoms with van der Waals surface area (Å²) in [6.07, 6.45) is 0. The SMILES string of the molecule is Cc1cc(CSc2nnnn2-c2ccc(Cl)cc2)on1. The van der Waals surface area contributed by atoms with E-state index in [0.717, 1.165) is 17.1 Å². The highest BCUT2D eigenvalue weighted by molar-refractivity contribution is 7.98. The molecule has 0 aliphatic carbocycles. The monoisotopic (exact) mass is 307 g/mol. The smallest absolute Gasteiger partial charge is 0.214 e. The first-order chi connectivity index (χ1) is 9.72. The summed E-state index contributed by atoms with van der Waals surface area (Å²) < 4.78 is 6.81. The zero-order chi connectivity index (χ0) is 13.9. The lowest BCUT2D eigenvalue weighted by Gasteiger charge is -2.03. The third-order valence-electron chi connectivity index (χ3n) is 2.53. The molecule has 3 aromatic rings. The molecule has 0 fully saturated rings. The summed E-state index contributed by atoms with van der Waals surface area (Å²) in [6, 6.07) is 9.21. The highest BCUT2D eigenvalue weighted by Gasteiger charge is 2.10. The van der Waals surface area contributed by atoms with Crippen molar-refractivity contribution in [2.75, 3.05) is 0 Å². The maximum Gasteiger partial charge on any atom is 0.214 e. The lowest BCUT2D eigenvalue weighted by molar-refractivity contribution is 0.391. The van der Waals surface area contributed by atoms with Crippen LogP contribution in [0.4, 0.5) is 0 Å². The minimum atomic E-state index is 0.620. The predicted octanol–water partition coefficient (Wildman–Crippen LogP) is 2.90. The molecule has 0 spiro atoms. The van der Waals surface area contributed by atoms with Gasteiger partial charge in [-0.15, -0.1) is 5.10 Å². The molecule has 0 aliphatic heterocycles. The average molecular weight is 308 g/mol. The first-order valence-corrected chi connectivity index (χ1v) is 7.18. The summed E-state index contributed by atoms with van der Waals surface area (Å²) in [5.41, 5.74) is 1.72. The summed E-state index contributed by atoms with van der Waals surface area (Å²) in [7, 11) is 0. The van der Waals surface area contributed by atoms with Gasteiger partial charge in [-0.2, -0.15) is 4.68 Å². The molecule has 20 heavy (non-hydrogen) atoms. The molecule has 1 aromatic carbocycles. The molecule has 0 aliphatic rings. The summed E-state index contributed by atoms with van der Waals surface area (Å²) in [4.78, 5) is 0. The second kappa shape index (κ2) is 5.64. The van der Waals surface area contributed by atoms with Crippen molar-refractivity contribution in [3.05, 3.63) is 46.8 Å². The lowest BCUT2D eigenvalue weighted by Crippen LogP contribution is -1.98. The molecule has 0 amide bonds. The second-order valence-electron chi connectivity index (χ2n) is 4.07. The van der Waals surface area contributed by atoms with Crippen molar-refractivity contribution >= 4 is 23.4 Å². The van der Waals surface area contributed by atoms with Gasteiger partial charge in [-0.3, -0.25) is 0 Å². The third-order valence-corrected chi connectivity index (χ3v) is 3.73. The summed E-state index contributed by atoms with van der Waals surface area (Å²) in [6.45, 7) is 1.88. The normalized spacial score (nSPS) is 10.9. The van der Waals surface area contributed by atoms with Crippen LogP contribution in [-0.2, 0) is 5.75 Å². The van der Waals surface area contributed by atoms with Crippen LogP contribution in [0.2, 0.25) is 5.02 Å². The van der Waals surface area contributed by atoms with Gasteiger partial charge in [0.15, 0.2) is 0 Å². The van der Waals surface area contributed by atoms with Crippen LogP contribution < -0.4 is 0 Å². The van der Waals surface area contributed by atoms with Crippen molar-refractivity contribution in [3.63, 3.8) is 0 Å². The molecule has 0 saturated carbocycles. The van der Waals surface area contributed by atoms with Crippen LogP contribution in [0.25, 0.3) is 5.69 Å². The molecule has 102 valence electrons. The van der Waals surface area contributed by atoms with E-state index in [4.69, 9.17) is 16.1 Å². The molecule has 0 atom stereocenters. The largest absolute Gasteiger partial charge is 0.360 e.